The fourth-order valence-corrected chi connectivity index (χ4v) is 4.54. The molecule has 0 radical (unpaired) electrons. The van der Waals surface area contributed by atoms with Gasteiger partial charge in [-0.1, -0.05) is 19.8 Å². The van der Waals surface area contributed by atoms with Crippen LogP contribution >= 0.6 is 0 Å². The van der Waals surface area contributed by atoms with Crippen LogP contribution in [0.5, 0.6) is 0 Å². The van der Waals surface area contributed by atoms with Crippen LogP contribution in [0.1, 0.15) is 43.7 Å². The molecule has 2 atom stereocenters. The molecule has 6 heteroatoms. The van der Waals surface area contributed by atoms with Crippen molar-refractivity contribution in [2.24, 2.45) is 11.7 Å². The van der Waals surface area contributed by atoms with E-state index in [1.165, 1.54) is 19.1 Å². The summed E-state index contributed by atoms with van der Waals surface area (Å²) in [6.45, 7) is 3.64. The summed E-state index contributed by atoms with van der Waals surface area (Å²) in [6, 6.07) is 2.68. The van der Waals surface area contributed by atoms with Gasteiger partial charge in [0.1, 0.15) is 5.82 Å². The van der Waals surface area contributed by atoms with Crippen molar-refractivity contribution < 1.29 is 12.8 Å². The largest absolute Gasteiger partial charge is 0.326 e. The summed E-state index contributed by atoms with van der Waals surface area (Å²) in [5.41, 5.74) is 6.13. The molecule has 1 aromatic rings. The molecular formula is C15H23FN2O2S. The molecule has 1 aliphatic carbocycles. The normalized spacial score (nSPS) is 23.2. The molecule has 1 saturated carbocycles. The van der Waals surface area contributed by atoms with Gasteiger partial charge in [0.15, 0.2) is 0 Å². The maximum absolute atomic E-state index is 13.9. The molecule has 0 bridgehead atoms. The Morgan fingerprint density at radius 2 is 2.00 bits per heavy atom. The summed E-state index contributed by atoms with van der Waals surface area (Å²) in [5.74, 6) is -0.230. The Morgan fingerprint density at radius 1 is 1.33 bits per heavy atom. The Hall–Kier alpha value is -0.980. The third kappa shape index (κ3) is 3.62. The van der Waals surface area contributed by atoms with Gasteiger partial charge in [0, 0.05) is 18.2 Å². The van der Waals surface area contributed by atoms with Crippen LogP contribution in [-0.4, -0.2) is 14.5 Å². The summed E-state index contributed by atoms with van der Waals surface area (Å²) in [6.07, 6.45) is 4.01. The molecule has 1 fully saturated rings. The molecule has 1 aromatic carbocycles. The molecule has 0 spiro atoms. The summed E-state index contributed by atoms with van der Waals surface area (Å²) in [5, 5.41) is 0. The second-order valence-corrected chi connectivity index (χ2v) is 7.58. The predicted octanol–water partition coefficient (Wildman–Crippen LogP) is 2.45. The van der Waals surface area contributed by atoms with Crippen LogP contribution < -0.4 is 10.5 Å². The molecule has 21 heavy (non-hydrogen) atoms. The highest BCUT2D eigenvalue weighted by Gasteiger charge is 2.28. The van der Waals surface area contributed by atoms with Gasteiger partial charge in [0.05, 0.1) is 4.90 Å². The fraction of sp³-hybridized carbons (Fsp3) is 0.600. The van der Waals surface area contributed by atoms with Crippen LogP contribution in [0.3, 0.4) is 0 Å². The van der Waals surface area contributed by atoms with E-state index in [-0.39, 0.29) is 23.0 Å². The average Bonchev–Trinajstić information content (AvgIpc) is 2.43. The van der Waals surface area contributed by atoms with Gasteiger partial charge < -0.3 is 5.73 Å². The van der Waals surface area contributed by atoms with Gasteiger partial charge in [-0.3, -0.25) is 0 Å². The standard InChI is InChI=1S/C15H23FN2O2S/c1-10-5-3-4-6-14(10)18-21(19,20)15-8-12(9-17)7-13(16)11(15)2/h7-8,10,14,18H,3-6,9,17H2,1-2H3. The Balaban J connectivity index is 2.33. The highest BCUT2D eigenvalue weighted by molar-refractivity contribution is 7.89. The lowest BCUT2D eigenvalue weighted by Crippen LogP contribution is -2.41. The van der Waals surface area contributed by atoms with E-state index in [1.807, 2.05) is 0 Å². The van der Waals surface area contributed by atoms with Crippen molar-refractivity contribution in [3.63, 3.8) is 0 Å². The zero-order valence-electron chi connectivity index (χ0n) is 12.5. The molecule has 0 amide bonds. The second kappa shape index (κ2) is 6.42. The molecule has 1 aliphatic rings. The van der Waals surface area contributed by atoms with Gasteiger partial charge in [-0.25, -0.2) is 17.5 Å². The molecule has 0 heterocycles. The number of nitrogens with one attached hydrogen (secondary N) is 1. The summed E-state index contributed by atoms with van der Waals surface area (Å²) < 4.78 is 41.7. The summed E-state index contributed by atoms with van der Waals surface area (Å²) in [4.78, 5) is 0.000670. The molecular weight excluding hydrogens is 291 g/mol. The molecule has 3 N–H and O–H groups in total. The van der Waals surface area contributed by atoms with Crippen LogP contribution in [0.25, 0.3) is 0 Å². The minimum Gasteiger partial charge on any atom is -0.326 e. The first-order valence-electron chi connectivity index (χ1n) is 7.36. The topological polar surface area (TPSA) is 72.2 Å². The summed E-state index contributed by atoms with van der Waals surface area (Å²) >= 11 is 0. The van der Waals surface area contributed by atoms with E-state index in [2.05, 4.69) is 11.6 Å². The van der Waals surface area contributed by atoms with Crippen LogP contribution in [0.2, 0.25) is 0 Å². The lowest BCUT2D eigenvalue weighted by Gasteiger charge is -2.29. The Bertz CT molecular complexity index is 616. The first-order valence-corrected chi connectivity index (χ1v) is 8.85. The van der Waals surface area contributed by atoms with E-state index in [9.17, 15) is 12.8 Å². The van der Waals surface area contributed by atoms with Gasteiger partial charge >= 0.3 is 0 Å². The number of sulfonamides is 1. The fourth-order valence-electron chi connectivity index (χ4n) is 2.86. The lowest BCUT2D eigenvalue weighted by molar-refractivity contribution is 0.310. The number of hydrogen-bond acceptors (Lipinski definition) is 3. The molecule has 2 unspecified atom stereocenters. The van der Waals surface area contributed by atoms with Crippen molar-refractivity contribution >= 4 is 10.0 Å². The van der Waals surface area contributed by atoms with E-state index >= 15 is 0 Å². The highest BCUT2D eigenvalue weighted by Crippen LogP contribution is 2.27. The Labute approximate surface area is 126 Å². The van der Waals surface area contributed by atoms with E-state index in [4.69, 9.17) is 5.73 Å². The monoisotopic (exact) mass is 314 g/mol. The number of benzene rings is 1. The van der Waals surface area contributed by atoms with Crippen molar-refractivity contribution in [2.45, 2.75) is 57.0 Å². The quantitative estimate of drug-likeness (QED) is 0.896. The third-order valence-corrected chi connectivity index (χ3v) is 5.92. The van der Waals surface area contributed by atoms with Crippen LogP contribution in [0.4, 0.5) is 4.39 Å². The maximum atomic E-state index is 13.9. The van der Waals surface area contributed by atoms with Crippen molar-refractivity contribution in [2.75, 3.05) is 0 Å². The summed E-state index contributed by atoms with van der Waals surface area (Å²) in [7, 11) is -3.72. The van der Waals surface area contributed by atoms with Gasteiger partial charge in [-0.2, -0.15) is 0 Å². The van der Waals surface area contributed by atoms with E-state index in [1.54, 1.807) is 0 Å². The van der Waals surface area contributed by atoms with E-state index < -0.39 is 15.8 Å². The average molecular weight is 314 g/mol. The molecule has 2 rings (SSSR count). The minimum absolute atomic E-state index is 0.000670. The van der Waals surface area contributed by atoms with Crippen LogP contribution in [0.15, 0.2) is 17.0 Å². The van der Waals surface area contributed by atoms with E-state index in [0.29, 0.717) is 11.5 Å². The first-order chi connectivity index (χ1) is 9.85. The number of halogens is 1. The highest BCUT2D eigenvalue weighted by atomic mass is 32.2. The van der Waals surface area contributed by atoms with Crippen LogP contribution in [0, 0.1) is 18.7 Å². The smallest absolute Gasteiger partial charge is 0.241 e. The predicted molar refractivity (Wildman–Crippen MR) is 80.8 cm³/mol. The van der Waals surface area contributed by atoms with Crippen molar-refractivity contribution in [3.8, 4) is 0 Å². The molecule has 118 valence electrons. The van der Waals surface area contributed by atoms with Gasteiger partial charge in [0.25, 0.3) is 0 Å². The lowest BCUT2D eigenvalue weighted by atomic mass is 9.87. The number of hydrogen-bond donors (Lipinski definition) is 2. The maximum Gasteiger partial charge on any atom is 0.241 e. The molecule has 0 saturated heterocycles. The zero-order chi connectivity index (χ0) is 15.6. The first kappa shape index (κ1) is 16.4. The zero-order valence-corrected chi connectivity index (χ0v) is 13.3. The third-order valence-electron chi connectivity index (χ3n) is 4.30. The second-order valence-electron chi connectivity index (χ2n) is 5.89. The minimum atomic E-state index is -3.72. The molecule has 0 aromatic heterocycles. The Morgan fingerprint density at radius 3 is 2.62 bits per heavy atom. The number of rotatable bonds is 4. The Kier molecular flexibility index (Phi) is 5.01. The molecule has 4 nitrogen and oxygen atoms in total. The SMILES string of the molecule is Cc1c(F)cc(CN)cc1S(=O)(=O)NC1CCCCC1C. The van der Waals surface area contributed by atoms with E-state index in [0.717, 1.165) is 25.7 Å². The molecule has 0 aliphatic heterocycles. The van der Waals surface area contributed by atoms with Crippen molar-refractivity contribution in [1.82, 2.24) is 4.72 Å². The van der Waals surface area contributed by atoms with Crippen molar-refractivity contribution in [1.29, 1.82) is 0 Å². The van der Waals surface area contributed by atoms with Gasteiger partial charge in [-0.15, -0.1) is 0 Å². The van der Waals surface area contributed by atoms with Gasteiger partial charge in [-0.05, 0) is 43.4 Å². The van der Waals surface area contributed by atoms with Crippen molar-refractivity contribution in [3.05, 3.63) is 29.1 Å². The van der Waals surface area contributed by atoms with Gasteiger partial charge in [0.2, 0.25) is 10.0 Å². The van der Waals surface area contributed by atoms with Crippen LogP contribution in [-0.2, 0) is 16.6 Å². The number of nitrogens with two attached hydrogens (primary N) is 1.